The highest BCUT2D eigenvalue weighted by Gasteiger charge is 2.28. The molecular formula is C28H28FN3O. The Morgan fingerprint density at radius 3 is 2.52 bits per heavy atom. The summed E-state index contributed by atoms with van der Waals surface area (Å²) in [6, 6.07) is 22.9. The number of nitrogens with one attached hydrogen (secondary N) is 1. The van der Waals surface area contributed by atoms with Gasteiger partial charge >= 0.3 is 0 Å². The SMILES string of the molecule is CC.OCCc1cccc(Nc2ncc3c(n2)-c2ccccc2C(c2ccccc2F)C3)c1. The van der Waals surface area contributed by atoms with E-state index in [1.165, 1.54) is 6.07 Å². The second-order valence-corrected chi connectivity index (χ2v) is 7.73. The maximum absolute atomic E-state index is 14.6. The highest BCUT2D eigenvalue weighted by molar-refractivity contribution is 5.73. The molecule has 3 aromatic carbocycles. The van der Waals surface area contributed by atoms with Crippen LogP contribution in [0, 0.1) is 5.82 Å². The number of hydrogen-bond donors (Lipinski definition) is 2. The van der Waals surface area contributed by atoms with Crippen molar-refractivity contribution in [3.8, 4) is 11.3 Å². The van der Waals surface area contributed by atoms with Crippen molar-refractivity contribution in [2.75, 3.05) is 11.9 Å². The Balaban J connectivity index is 0.00000126. The smallest absolute Gasteiger partial charge is 0.227 e. The second kappa shape index (κ2) is 10.4. The Bertz CT molecular complexity index is 1240. The fourth-order valence-electron chi connectivity index (χ4n) is 4.29. The number of rotatable bonds is 5. The van der Waals surface area contributed by atoms with Gasteiger partial charge in [-0.1, -0.05) is 68.4 Å². The zero-order chi connectivity index (χ0) is 23.2. The summed E-state index contributed by atoms with van der Waals surface area (Å²) in [6.07, 6.45) is 3.09. The molecule has 0 amide bonds. The standard InChI is InChI=1S/C26H22FN3O.C2H6/c27-24-11-4-3-9-21(24)23-15-18-16-28-26(29-19-7-5-6-17(14-19)12-13-31)30-25(18)22-10-2-1-8-20(22)23;1-2/h1-11,14,16,23,31H,12-13,15H2,(H,28,29,30);1-2H3. The molecule has 0 radical (unpaired) electrons. The molecule has 1 heterocycles. The lowest BCUT2D eigenvalue weighted by Crippen LogP contribution is -2.16. The molecule has 168 valence electrons. The van der Waals surface area contributed by atoms with E-state index in [1.54, 1.807) is 6.07 Å². The first kappa shape index (κ1) is 22.6. The van der Waals surface area contributed by atoms with Crippen molar-refractivity contribution in [1.82, 2.24) is 9.97 Å². The first-order chi connectivity index (χ1) is 16.2. The lowest BCUT2D eigenvalue weighted by molar-refractivity contribution is 0.299. The first-order valence-electron chi connectivity index (χ1n) is 11.4. The van der Waals surface area contributed by atoms with E-state index in [9.17, 15) is 9.50 Å². The van der Waals surface area contributed by atoms with E-state index in [1.807, 2.05) is 74.6 Å². The van der Waals surface area contributed by atoms with Crippen molar-refractivity contribution in [3.63, 3.8) is 0 Å². The summed E-state index contributed by atoms with van der Waals surface area (Å²) in [5, 5.41) is 12.4. The number of aliphatic hydroxyl groups excluding tert-OH is 1. The van der Waals surface area contributed by atoms with Gasteiger partial charge in [0, 0.05) is 30.0 Å². The minimum atomic E-state index is -0.187. The fraction of sp³-hybridized carbons (Fsp3) is 0.214. The Kier molecular flexibility index (Phi) is 7.10. The molecule has 1 aromatic heterocycles. The third-order valence-electron chi connectivity index (χ3n) is 5.74. The van der Waals surface area contributed by atoms with E-state index in [2.05, 4.69) is 16.4 Å². The van der Waals surface area contributed by atoms with Gasteiger partial charge in [0.1, 0.15) is 5.82 Å². The molecule has 0 bridgehead atoms. The molecule has 0 spiro atoms. The molecule has 4 nitrogen and oxygen atoms in total. The molecule has 0 saturated heterocycles. The first-order valence-corrected chi connectivity index (χ1v) is 11.4. The number of hydrogen-bond acceptors (Lipinski definition) is 4. The minimum Gasteiger partial charge on any atom is -0.396 e. The molecule has 0 fully saturated rings. The van der Waals surface area contributed by atoms with Gasteiger partial charge < -0.3 is 10.4 Å². The Labute approximate surface area is 194 Å². The zero-order valence-corrected chi connectivity index (χ0v) is 18.9. The third kappa shape index (κ3) is 4.78. The topological polar surface area (TPSA) is 58.0 Å². The molecule has 0 aliphatic heterocycles. The molecule has 4 aromatic rings. The van der Waals surface area contributed by atoms with Crippen molar-refractivity contribution in [2.24, 2.45) is 0 Å². The number of benzene rings is 3. The normalized spacial score (nSPS) is 13.9. The molecule has 33 heavy (non-hydrogen) atoms. The van der Waals surface area contributed by atoms with Crippen LogP contribution in [0.1, 0.15) is 42.0 Å². The van der Waals surface area contributed by atoms with Gasteiger partial charge in [0.15, 0.2) is 0 Å². The maximum Gasteiger partial charge on any atom is 0.227 e. The van der Waals surface area contributed by atoms with Gasteiger partial charge in [-0.15, -0.1) is 0 Å². The van der Waals surface area contributed by atoms with Crippen LogP contribution in [0.25, 0.3) is 11.3 Å². The number of aromatic nitrogens is 2. The number of halogens is 1. The lowest BCUT2D eigenvalue weighted by atomic mass is 9.78. The molecule has 1 aliphatic carbocycles. The number of anilines is 2. The van der Waals surface area contributed by atoms with Crippen molar-refractivity contribution < 1.29 is 9.50 Å². The van der Waals surface area contributed by atoms with Gasteiger partial charge in [0.05, 0.1) is 5.69 Å². The van der Waals surface area contributed by atoms with E-state index in [-0.39, 0.29) is 18.3 Å². The number of fused-ring (bicyclic) bond motifs is 3. The average Bonchev–Trinajstić information content (AvgIpc) is 2.86. The molecule has 2 N–H and O–H groups in total. The fourth-order valence-corrected chi connectivity index (χ4v) is 4.29. The summed E-state index contributed by atoms with van der Waals surface area (Å²) in [6.45, 7) is 4.11. The van der Waals surface area contributed by atoms with Crippen molar-refractivity contribution in [2.45, 2.75) is 32.6 Å². The lowest BCUT2D eigenvalue weighted by Gasteiger charge is -2.27. The van der Waals surface area contributed by atoms with Crippen LogP contribution in [0.4, 0.5) is 16.0 Å². The summed E-state index contributed by atoms with van der Waals surface area (Å²) < 4.78 is 14.6. The van der Waals surface area contributed by atoms with Crippen molar-refractivity contribution in [1.29, 1.82) is 0 Å². The largest absolute Gasteiger partial charge is 0.396 e. The van der Waals surface area contributed by atoms with Crippen LogP contribution in [0.5, 0.6) is 0 Å². The van der Waals surface area contributed by atoms with Crippen LogP contribution in [-0.2, 0) is 12.8 Å². The minimum absolute atomic E-state index is 0.0672. The van der Waals surface area contributed by atoms with Crippen LogP contribution in [0.3, 0.4) is 0 Å². The monoisotopic (exact) mass is 441 g/mol. The molecular weight excluding hydrogens is 413 g/mol. The van der Waals surface area contributed by atoms with Gasteiger partial charge in [0.2, 0.25) is 5.95 Å². The predicted octanol–water partition coefficient (Wildman–Crippen LogP) is 6.28. The van der Waals surface area contributed by atoms with Crippen LogP contribution in [0.2, 0.25) is 0 Å². The van der Waals surface area contributed by atoms with Crippen molar-refractivity contribution in [3.05, 3.63) is 107 Å². The van der Waals surface area contributed by atoms with E-state index >= 15 is 0 Å². The van der Waals surface area contributed by atoms with Gasteiger partial charge in [-0.25, -0.2) is 14.4 Å². The highest BCUT2D eigenvalue weighted by atomic mass is 19.1. The molecule has 0 saturated carbocycles. The number of nitrogens with zero attached hydrogens (tertiary/aromatic N) is 2. The van der Waals surface area contributed by atoms with Gasteiger partial charge in [-0.05, 0) is 53.3 Å². The third-order valence-corrected chi connectivity index (χ3v) is 5.74. The predicted molar refractivity (Wildman–Crippen MR) is 131 cm³/mol. The van der Waals surface area contributed by atoms with Gasteiger partial charge in [-0.2, -0.15) is 0 Å². The van der Waals surface area contributed by atoms with Crippen LogP contribution in [-0.4, -0.2) is 21.7 Å². The zero-order valence-electron chi connectivity index (χ0n) is 18.9. The van der Waals surface area contributed by atoms with Gasteiger partial charge in [0.25, 0.3) is 0 Å². The summed E-state index contributed by atoms with van der Waals surface area (Å²) in [5.41, 5.74) is 6.59. The molecule has 1 atom stereocenters. The second-order valence-electron chi connectivity index (χ2n) is 7.73. The molecule has 1 unspecified atom stereocenters. The van der Waals surface area contributed by atoms with E-state index in [0.29, 0.717) is 24.4 Å². The van der Waals surface area contributed by atoms with Crippen LogP contribution < -0.4 is 5.32 Å². The Hall–Kier alpha value is -3.57. The molecule has 1 aliphatic rings. The quantitative estimate of drug-likeness (QED) is 0.383. The molecule has 5 heteroatoms. The number of aliphatic hydroxyl groups is 1. The van der Waals surface area contributed by atoms with Crippen LogP contribution >= 0.6 is 0 Å². The average molecular weight is 442 g/mol. The summed E-state index contributed by atoms with van der Waals surface area (Å²) >= 11 is 0. The Morgan fingerprint density at radius 2 is 1.73 bits per heavy atom. The van der Waals surface area contributed by atoms with Crippen LogP contribution in [0.15, 0.2) is 79.0 Å². The summed E-state index contributed by atoms with van der Waals surface area (Å²) in [4.78, 5) is 9.33. The summed E-state index contributed by atoms with van der Waals surface area (Å²) in [7, 11) is 0. The van der Waals surface area contributed by atoms with E-state index in [0.717, 1.165) is 33.6 Å². The molecule has 5 rings (SSSR count). The maximum atomic E-state index is 14.6. The van der Waals surface area contributed by atoms with E-state index in [4.69, 9.17) is 4.98 Å². The Morgan fingerprint density at radius 1 is 0.970 bits per heavy atom. The highest BCUT2D eigenvalue weighted by Crippen LogP contribution is 2.42. The van der Waals surface area contributed by atoms with Crippen molar-refractivity contribution >= 4 is 11.6 Å². The van der Waals surface area contributed by atoms with Gasteiger partial charge in [-0.3, -0.25) is 0 Å². The summed E-state index contributed by atoms with van der Waals surface area (Å²) in [5.74, 6) is 0.259. The van der Waals surface area contributed by atoms with E-state index < -0.39 is 0 Å².